The maximum absolute atomic E-state index is 12.3. The lowest BCUT2D eigenvalue weighted by Gasteiger charge is -2.04. The van der Waals surface area contributed by atoms with Crippen LogP contribution in [0.2, 0.25) is 0 Å². The number of rotatable bonds is 5. The van der Waals surface area contributed by atoms with E-state index < -0.39 is 5.97 Å². The molecule has 0 aliphatic heterocycles. The number of aromatic amines is 1. The zero-order chi connectivity index (χ0) is 14.9. The summed E-state index contributed by atoms with van der Waals surface area (Å²) in [4.78, 5) is 26.3. The average Bonchev–Trinajstić information content (AvgIpc) is 2.75. The fourth-order valence-electron chi connectivity index (χ4n) is 2.25. The van der Waals surface area contributed by atoms with Gasteiger partial charge in [-0.25, -0.2) is 0 Å². The van der Waals surface area contributed by atoms with Crippen LogP contribution >= 0.6 is 0 Å². The molecular formula is C15H17NO4. The van der Waals surface area contributed by atoms with Crippen LogP contribution in [-0.2, 0) is 11.2 Å². The summed E-state index contributed by atoms with van der Waals surface area (Å²) in [5.41, 5.74) is 1.54. The van der Waals surface area contributed by atoms with E-state index in [9.17, 15) is 9.59 Å². The number of ketones is 1. The Labute approximate surface area is 116 Å². The number of para-hydroxylation sites is 1. The minimum atomic E-state index is -0.966. The number of nitrogens with one attached hydrogen (secondary N) is 1. The van der Waals surface area contributed by atoms with Crippen molar-refractivity contribution in [3.63, 3.8) is 0 Å². The molecule has 2 rings (SSSR count). The number of carboxylic acid groups (broad SMARTS) is 1. The van der Waals surface area contributed by atoms with Crippen molar-refractivity contribution < 1.29 is 19.4 Å². The number of methoxy groups -OCH3 is 1. The van der Waals surface area contributed by atoms with E-state index in [4.69, 9.17) is 9.84 Å². The smallest absolute Gasteiger partial charge is 0.307 e. The zero-order valence-electron chi connectivity index (χ0n) is 11.7. The highest BCUT2D eigenvalue weighted by molar-refractivity contribution is 6.05. The Bertz CT molecular complexity index is 670. The van der Waals surface area contributed by atoms with E-state index >= 15 is 0 Å². The van der Waals surface area contributed by atoms with Crippen LogP contribution in [0.4, 0.5) is 0 Å². The van der Waals surface area contributed by atoms with Gasteiger partial charge < -0.3 is 14.8 Å². The van der Waals surface area contributed by atoms with Gasteiger partial charge in [-0.15, -0.1) is 0 Å². The Morgan fingerprint density at radius 1 is 1.35 bits per heavy atom. The van der Waals surface area contributed by atoms with E-state index in [1.165, 1.54) is 7.11 Å². The molecule has 5 heteroatoms. The molecular weight excluding hydrogens is 258 g/mol. The summed E-state index contributed by atoms with van der Waals surface area (Å²) in [5.74, 6) is -0.676. The number of Topliss-reactive ketones (excluding diaryl/α,β-unsaturated/α-hetero) is 1. The highest BCUT2D eigenvalue weighted by Crippen LogP contribution is 2.31. The van der Waals surface area contributed by atoms with Crippen molar-refractivity contribution in [2.75, 3.05) is 7.11 Å². The molecule has 0 atom stereocenters. The molecule has 1 aromatic heterocycles. The highest BCUT2D eigenvalue weighted by Gasteiger charge is 2.22. The number of ether oxygens (including phenoxy) is 1. The number of H-pyrrole nitrogens is 1. The Morgan fingerprint density at radius 2 is 2.05 bits per heavy atom. The summed E-state index contributed by atoms with van der Waals surface area (Å²) in [6.45, 7) is 3.57. The Kier molecular flexibility index (Phi) is 3.79. The standard InChI is InChI=1S/C15H17NO4/c1-8(2)15(19)14-10(7-12(17)18)9-5-4-6-11(20-3)13(9)16-14/h4-6,8,16H,7H2,1-3H3,(H,17,18). The minimum Gasteiger partial charge on any atom is -0.495 e. The summed E-state index contributed by atoms with van der Waals surface area (Å²) in [6.07, 6.45) is -0.193. The van der Waals surface area contributed by atoms with Gasteiger partial charge in [-0.3, -0.25) is 9.59 Å². The molecule has 2 aromatic rings. The van der Waals surface area contributed by atoms with Crippen LogP contribution in [0.5, 0.6) is 5.75 Å². The fraction of sp³-hybridized carbons (Fsp3) is 0.333. The van der Waals surface area contributed by atoms with E-state index in [1.54, 1.807) is 32.0 Å². The Hall–Kier alpha value is -2.30. The summed E-state index contributed by atoms with van der Waals surface area (Å²) in [7, 11) is 1.54. The molecule has 1 heterocycles. The van der Waals surface area contributed by atoms with Gasteiger partial charge in [0.2, 0.25) is 0 Å². The summed E-state index contributed by atoms with van der Waals surface area (Å²) in [6, 6.07) is 5.35. The van der Waals surface area contributed by atoms with Crippen molar-refractivity contribution in [1.29, 1.82) is 0 Å². The molecule has 0 aliphatic rings. The van der Waals surface area contributed by atoms with Gasteiger partial charge in [0.25, 0.3) is 0 Å². The number of benzene rings is 1. The molecule has 0 saturated carbocycles. The molecule has 1 aromatic carbocycles. The quantitative estimate of drug-likeness (QED) is 0.822. The van der Waals surface area contributed by atoms with Crippen LogP contribution in [0.1, 0.15) is 29.9 Å². The fourth-order valence-corrected chi connectivity index (χ4v) is 2.25. The minimum absolute atomic E-state index is 0.0977. The number of aliphatic carboxylic acids is 1. The molecule has 2 N–H and O–H groups in total. The van der Waals surface area contributed by atoms with Crippen molar-refractivity contribution in [2.45, 2.75) is 20.3 Å². The monoisotopic (exact) mass is 275 g/mol. The van der Waals surface area contributed by atoms with Gasteiger partial charge in [-0.1, -0.05) is 26.0 Å². The largest absolute Gasteiger partial charge is 0.495 e. The van der Waals surface area contributed by atoms with Gasteiger partial charge in [0.15, 0.2) is 5.78 Å². The molecule has 0 fully saturated rings. The van der Waals surface area contributed by atoms with Gasteiger partial charge in [0.1, 0.15) is 5.75 Å². The van der Waals surface area contributed by atoms with Gasteiger partial charge in [0.05, 0.1) is 24.7 Å². The number of carboxylic acids is 1. The third kappa shape index (κ3) is 2.39. The van der Waals surface area contributed by atoms with E-state index in [2.05, 4.69) is 4.98 Å². The first-order valence-electron chi connectivity index (χ1n) is 6.39. The van der Waals surface area contributed by atoms with E-state index in [0.29, 0.717) is 22.5 Å². The van der Waals surface area contributed by atoms with Gasteiger partial charge in [-0.2, -0.15) is 0 Å². The van der Waals surface area contributed by atoms with Crippen molar-refractivity contribution in [3.8, 4) is 5.75 Å². The lowest BCUT2D eigenvalue weighted by atomic mass is 10.00. The normalized spacial score (nSPS) is 11.0. The van der Waals surface area contributed by atoms with Crippen molar-refractivity contribution in [3.05, 3.63) is 29.5 Å². The molecule has 0 aliphatic carbocycles. The first-order valence-corrected chi connectivity index (χ1v) is 6.39. The lowest BCUT2D eigenvalue weighted by molar-refractivity contribution is -0.136. The average molecular weight is 275 g/mol. The number of aromatic nitrogens is 1. The molecule has 0 bridgehead atoms. The third-order valence-corrected chi connectivity index (χ3v) is 3.22. The Balaban J connectivity index is 2.72. The molecule has 0 spiro atoms. The number of hydrogen-bond donors (Lipinski definition) is 2. The molecule has 0 amide bonds. The number of carbonyl (C=O) groups is 2. The van der Waals surface area contributed by atoms with E-state index in [1.807, 2.05) is 0 Å². The molecule has 106 valence electrons. The second-order valence-corrected chi connectivity index (χ2v) is 4.95. The van der Waals surface area contributed by atoms with Crippen LogP contribution in [0.25, 0.3) is 10.9 Å². The van der Waals surface area contributed by atoms with Crippen LogP contribution in [-0.4, -0.2) is 29.0 Å². The van der Waals surface area contributed by atoms with Gasteiger partial charge >= 0.3 is 5.97 Å². The summed E-state index contributed by atoms with van der Waals surface area (Å²) >= 11 is 0. The van der Waals surface area contributed by atoms with Crippen molar-refractivity contribution in [1.82, 2.24) is 4.98 Å². The molecule has 0 radical (unpaired) electrons. The second kappa shape index (κ2) is 5.36. The SMILES string of the molecule is COc1cccc2c(CC(=O)O)c(C(=O)C(C)C)[nH]c12. The topological polar surface area (TPSA) is 79.4 Å². The first kappa shape index (κ1) is 14.1. The summed E-state index contributed by atoms with van der Waals surface area (Å²) < 4.78 is 5.25. The van der Waals surface area contributed by atoms with Crippen molar-refractivity contribution >= 4 is 22.7 Å². The van der Waals surface area contributed by atoms with Crippen LogP contribution in [0.3, 0.4) is 0 Å². The third-order valence-electron chi connectivity index (χ3n) is 3.22. The maximum atomic E-state index is 12.3. The van der Waals surface area contributed by atoms with Gasteiger partial charge in [0, 0.05) is 11.3 Å². The van der Waals surface area contributed by atoms with E-state index in [0.717, 1.165) is 5.39 Å². The highest BCUT2D eigenvalue weighted by atomic mass is 16.5. The lowest BCUT2D eigenvalue weighted by Crippen LogP contribution is -2.12. The maximum Gasteiger partial charge on any atom is 0.307 e. The first-order chi connectivity index (χ1) is 9.45. The zero-order valence-corrected chi connectivity index (χ0v) is 11.7. The predicted octanol–water partition coefficient (Wildman–Crippen LogP) is 2.64. The molecule has 0 unspecified atom stereocenters. The van der Waals surface area contributed by atoms with Crippen LogP contribution < -0.4 is 4.74 Å². The number of hydrogen-bond acceptors (Lipinski definition) is 3. The van der Waals surface area contributed by atoms with Gasteiger partial charge in [-0.05, 0) is 11.6 Å². The van der Waals surface area contributed by atoms with E-state index in [-0.39, 0.29) is 18.1 Å². The van der Waals surface area contributed by atoms with Crippen molar-refractivity contribution in [2.24, 2.45) is 5.92 Å². The van der Waals surface area contributed by atoms with Crippen LogP contribution in [0.15, 0.2) is 18.2 Å². The molecule has 20 heavy (non-hydrogen) atoms. The number of fused-ring (bicyclic) bond motifs is 1. The number of carbonyl (C=O) groups excluding carboxylic acids is 1. The Morgan fingerprint density at radius 3 is 2.60 bits per heavy atom. The molecule has 5 nitrogen and oxygen atoms in total. The van der Waals surface area contributed by atoms with Crippen LogP contribution in [0, 0.1) is 5.92 Å². The molecule has 0 saturated heterocycles. The predicted molar refractivity (Wildman–Crippen MR) is 75.4 cm³/mol. The second-order valence-electron chi connectivity index (χ2n) is 4.95. The summed E-state index contributed by atoms with van der Waals surface area (Å²) in [5, 5.41) is 9.78.